The molecule has 0 radical (unpaired) electrons. The third-order valence-electron chi connectivity index (χ3n) is 10.6. The first-order chi connectivity index (χ1) is 26.6. The number of amides is 4. The van der Waals surface area contributed by atoms with Gasteiger partial charge in [0.05, 0.1) is 27.9 Å². The van der Waals surface area contributed by atoms with Crippen LogP contribution in [0.5, 0.6) is 0 Å². The molecule has 3 saturated heterocycles. The summed E-state index contributed by atoms with van der Waals surface area (Å²) in [5.74, 6) is -3.39. The van der Waals surface area contributed by atoms with Crippen molar-refractivity contribution in [1.82, 2.24) is 19.6 Å². The summed E-state index contributed by atoms with van der Waals surface area (Å²) in [4.78, 5) is 93.1. The van der Waals surface area contributed by atoms with E-state index >= 15 is 0 Å². The number of carbonyl (C=O) groups is 5. The zero-order valence-electron chi connectivity index (χ0n) is 30.6. The standard InChI is InChI=1S/C36H40N6O13S/c1-19-15-37(12-13-38(19)35(48)54-17-22-4-8-24(9-5-22)41(50)51)32(44)27-14-26(16-39(27)36(49)55-18-23-6-10-25(11-7-23)42(52)53)56-31-20(2)29-28(21(3)43)33(45)40(29)30(31)34(46)47/h4-11,19-21,26-29,43H,12-18H2,1-3H3,(H,46,47)/t19-,20-,21-,26+,27+,28-,29-/m1/s1. The van der Waals surface area contributed by atoms with E-state index in [-0.39, 0.29) is 62.9 Å². The third kappa shape index (κ3) is 7.83. The molecule has 0 saturated carbocycles. The number of nitro benzene ring substituents is 2. The molecular formula is C36H40N6O13S. The number of carboxylic acids is 1. The van der Waals surface area contributed by atoms with E-state index in [1.165, 1.54) is 86.8 Å². The van der Waals surface area contributed by atoms with Crippen LogP contribution in [0, 0.1) is 32.1 Å². The van der Waals surface area contributed by atoms with E-state index < -0.39 is 81.1 Å². The first kappa shape index (κ1) is 39.9. The Kier molecular flexibility index (Phi) is 11.5. The number of carbonyl (C=O) groups excluding carboxylic acids is 4. The highest BCUT2D eigenvalue weighted by atomic mass is 32.2. The van der Waals surface area contributed by atoms with Gasteiger partial charge >= 0.3 is 18.2 Å². The number of likely N-dealkylation sites (tertiary alicyclic amines) is 1. The molecule has 7 atom stereocenters. The fourth-order valence-electron chi connectivity index (χ4n) is 7.70. The summed E-state index contributed by atoms with van der Waals surface area (Å²) in [5.41, 5.74) is 0.610. The number of fused-ring (bicyclic) bond motifs is 1. The van der Waals surface area contributed by atoms with E-state index in [1.807, 2.05) is 0 Å². The van der Waals surface area contributed by atoms with Crippen LogP contribution in [0.3, 0.4) is 0 Å². The van der Waals surface area contributed by atoms with Crippen molar-refractivity contribution in [3.8, 4) is 0 Å². The second-order valence-electron chi connectivity index (χ2n) is 14.2. The molecule has 20 heteroatoms. The topological polar surface area (TPSA) is 244 Å². The maximum atomic E-state index is 14.2. The highest BCUT2D eigenvalue weighted by Crippen LogP contribution is 2.52. The van der Waals surface area contributed by atoms with Gasteiger partial charge in [-0.25, -0.2) is 14.4 Å². The quantitative estimate of drug-likeness (QED) is 0.188. The number of aliphatic hydroxyl groups excluding tert-OH is 1. The predicted molar refractivity (Wildman–Crippen MR) is 195 cm³/mol. The third-order valence-corrected chi connectivity index (χ3v) is 12.1. The highest BCUT2D eigenvalue weighted by molar-refractivity contribution is 8.03. The van der Waals surface area contributed by atoms with E-state index in [2.05, 4.69) is 0 Å². The number of non-ortho nitro benzene ring substituents is 2. The van der Waals surface area contributed by atoms with Crippen molar-refractivity contribution in [1.29, 1.82) is 0 Å². The van der Waals surface area contributed by atoms with Crippen LogP contribution in [-0.4, -0.2) is 125 Å². The molecule has 4 amide bonds. The number of hydrogen-bond donors (Lipinski definition) is 2. The van der Waals surface area contributed by atoms with E-state index in [1.54, 1.807) is 13.8 Å². The van der Waals surface area contributed by atoms with Crippen molar-refractivity contribution in [3.05, 3.63) is 90.5 Å². The van der Waals surface area contributed by atoms with Gasteiger partial charge in [0.1, 0.15) is 25.0 Å². The number of aliphatic hydroxyl groups is 1. The molecule has 4 aliphatic heterocycles. The van der Waals surface area contributed by atoms with Crippen molar-refractivity contribution in [2.24, 2.45) is 11.8 Å². The van der Waals surface area contributed by atoms with Gasteiger partial charge in [0, 0.05) is 72.6 Å². The average molecular weight is 797 g/mol. The SMILES string of the molecule is C[C@@H]1CN(C(=O)[C@@H]2C[C@H](SC3=C(C(=O)O)N4C(=O)[C@H]([C@@H](C)O)[C@H]4[C@H]3C)CN2C(=O)OCc2ccc([N+](=O)[O-])cc2)CCN1C(=O)OCc1ccc([N+](=O)[O-])cc1. The number of piperazine rings is 1. The smallest absolute Gasteiger partial charge is 0.410 e. The van der Waals surface area contributed by atoms with Crippen LogP contribution in [0.25, 0.3) is 0 Å². The second-order valence-corrected chi connectivity index (χ2v) is 15.5. The largest absolute Gasteiger partial charge is 0.477 e. The Hall–Kier alpha value is -5.76. The molecule has 4 aliphatic rings. The van der Waals surface area contributed by atoms with Crippen LogP contribution in [0.4, 0.5) is 21.0 Å². The number of nitrogens with zero attached hydrogens (tertiary/aromatic N) is 6. The molecule has 0 spiro atoms. The minimum atomic E-state index is -1.30. The number of nitro groups is 2. The molecule has 0 aliphatic carbocycles. The lowest BCUT2D eigenvalue weighted by atomic mass is 9.79. The van der Waals surface area contributed by atoms with E-state index in [0.29, 0.717) is 16.0 Å². The van der Waals surface area contributed by atoms with Crippen LogP contribution < -0.4 is 0 Å². The summed E-state index contributed by atoms with van der Waals surface area (Å²) in [5, 5.41) is 41.9. The summed E-state index contributed by atoms with van der Waals surface area (Å²) >= 11 is 1.18. The molecule has 4 heterocycles. The van der Waals surface area contributed by atoms with Gasteiger partial charge < -0.3 is 34.4 Å². The van der Waals surface area contributed by atoms with Crippen LogP contribution in [0.15, 0.2) is 59.1 Å². The molecule has 6 rings (SSSR count). The molecule has 2 aromatic rings. The number of β-lactam (4-membered cyclic amide) rings is 1. The number of ether oxygens (including phenoxy) is 2. The molecule has 3 fully saturated rings. The minimum Gasteiger partial charge on any atom is -0.477 e. The molecule has 56 heavy (non-hydrogen) atoms. The normalized spacial score (nSPS) is 25.0. The second kappa shape index (κ2) is 16.1. The number of rotatable bonds is 11. The Balaban J connectivity index is 1.15. The molecular weight excluding hydrogens is 756 g/mol. The van der Waals surface area contributed by atoms with Crippen molar-refractivity contribution in [2.45, 2.75) is 69.9 Å². The van der Waals surface area contributed by atoms with Gasteiger partial charge in [-0.15, -0.1) is 11.8 Å². The summed E-state index contributed by atoms with van der Waals surface area (Å²) in [6, 6.07) is 8.97. The van der Waals surface area contributed by atoms with Gasteiger partial charge in [-0.05, 0) is 55.7 Å². The lowest BCUT2D eigenvalue weighted by molar-refractivity contribution is -0.385. The maximum Gasteiger partial charge on any atom is 0.410 e. The van der Waals surface area contributed by atoms with Gasteiger partial charge in [-0.1, -0.05) is 6.92 Å². The van der Waals surface area contributed by atoms with Crippen LogP contribution in [0.2, 0.25) is 0 Å². The monoisotopic (exact) mass is 796 g/mol. The highest BCUT2D eigenvalue weighted by Gasteiger charge is 2.60. The summed E-state index contributed by atoms with van der Waals surface area (Å²) in [6.45, 7) is 4.97. The number of carboxylic acid groups (broad SMARTS) is 1. The summed E-state index contributed by atoms with van der Waals surface area (Å²) in [6.07, 6.45) is -2.33. The minimum absolute atomic E-state index is 0.00772. The Morgan fingerprint density at radius 1 is 0.875 bits per heavy atom. The first-order valence-electron chi connectivity index (χ1n) is 17.8. The number of benzene rings is 2. The molecule has 0 unspecified atom stereocenters. The number of aliphatic carboxylic acids is 1. The maximum absolute atomic E-state index is 14.2. The number of hydrogen-bond acceptors (Lipinski definition) is 13. The van der Waals surface area contributed by atoms with Crippen molar-refractivity contribution >= 4 is 53.1 Å². The lowest BCUT2D eigenvalue weighted by Crippen LogP contribution is -2.63. The summed E-state index contributed by atoms with van der Waals surface area (Å²) < 4.78 is 11.0. The lowest BCUT2D eigenvalue weighted by Gasteiger charge is -2.46. The van der Waals surface area contributed by atoms with Crippen molar-refractivity contribution in [3.63, 3.8) is 0 Å². The fourth-order valence-corrected chi connectivity index (χ4v) is 9.22. The van der Waals surface area contributed by atoms with Crippen LogP contribution in [-0.2, 0) is 37.1 Å². The Labute approximate surface area is 324 Å². The predicted octanol–water partition coefficient (Wildman–Crippen LogP) is 3.34. The summed E-state index contributed by atoms with van der Waals surface area (Å²) in [7, 11) is 0. The van der Waals surface area contributed by atoms with Gasteiger partial charge in [-0.3, -0.25) is 34.7 Å². The molecule has 0 aromatic heterocycles. The Bertz CT molecular complexity index is 1960. The van der Waals surface area contributed by atoms with Gasteiger partial charge in [-0.2, -0.15) is 0 Å². The zero-order valence-corrected chi connectivity index (χ0v) is 31.4. The molecule has 0 bridgehead atoms. The average Bonchev–Trinajstić information content (AvgIpc) is 3.69. The van der Waals surface area contributed by atoms with E-state index in [0.717, 1.165) is 0 Å². The number of thioether (sulfide) groups is 1. The molecule has 2 aromatic carbocycles. The molecule has 298 valence electrons. The Morgan fingerprint density at radius 2 is 1.41 bits per heavy atom. The van der Waals surface area contributed by atoms with Crippen molar-refractivity contribution in [2.75, 3.05) is 26.2 Å². The molecule has 19 nitrogen and oxygen atoms in total. The fraction of sp³-hybridized carbons (Fsp3) is 0.472. The van der Waals surface area contributed by atoms with Gasteiger partial charge in [0.2, 0.25) is 11.8 Å². The van der Waals surface area contributed by atoms with E-state index in [4.69, 9.17) is 9.47 Å². The van der Waals surface area contributed by atoms with Gasteiger partial charge in [0.15, 0.2) is 0 Å². The van der Waals surface area contributed by atoms with Gasteiger partial charge in [0.25, 0.3) is 11.4 Å². The first-order valence-corrected chi connectivity index (χ1v) is 18.7. The molecule has 2 N–H and O–H groups in total. The van der Waals surface area contributed by atoms with Crippen LogP contribution >= 0.6 is 11.8 Å². The Morgan fingerprint density at radius 3 is 1.89 bits per heavy atom. The zero-order chi connectivity index (χ0) is 40.6. The van der Waals surface area contributed by atoms with Crippen LogP contribution in [0.1, 0.15) is 38.3 Å². The van der Waals surface area contributed by atoms with Crippen molar-refractivity contribution < 1.29 is 53.5 Å². The van der Waals surface area contributed by atoms with E-state index in [9.17, 15) is 54.4 Å².